The van der Waals surface area contributed by atoms with Crippen LogP contribution in [0.2, 0.25) is 0 Å². The molecule has 3 rings (SSSR count). The number of rotatable bonds is 1. The summed E-state index contributed by atoms with van der Waals surface area (Å²) in [4.78, 5) is 10.7. The molecule has 4 nitrogen and oxygen atoms in total. The van der Waals surface area contributed by atoms with E-state index in [2.05, 4.69) is 11.4 Å². The third-order valence-corrected chi connectivity index (χ3v) is 3.39. The molecule has 1 aliphatic heterocycles. The topological polar surface area (TPSA) is 55.2 Å². The van der Waals surface area contributed by atoms with E-state index in [1.54, 1.807) is 0 Å². The van der Waals surface area contributed by atoms with Gasteiger partial charge >= 0.3 is 0 Å². The summed E-state index contributed by atoms with van der Waals surface area (Å²) in [5.41, 5.74) is 1.01. The van der Waals surface area contributed by atoms with Crippen molar-refractivity contribution in [2.24, 2.45) is 11.3 Å². The van der Waals surface area contributed by atoms with E-state index in [0.29, 0.717) is 12.2 Å². The van der Waals surface area contributed by atoms with Gasteiger partial charge in [-0.25, -0.2) is 0 Å². The lowest BCUT2D eigenvalue weighted by atomic mass is 9.56. The van der Waals surface area contributed by atoms with Gasteiger partial charge in [0.2, 0.25) is 0 Å². The van der Waals surface area contributed by atoms with Gasteiger partial charge in [-0.1, -0.05) is 30.4 Å². The van der Waals surface area contributed by atoms with Gasteiger partial charge in [0.05, 0.1) is 16.3 Å². The van der Waals surface area contributed by atoms with Crippen molar-refractivity contribution in [3.8, 4) is 0 Å². The predicted molar refractivity (Wildman–Crippen MR) is 55.4 cm³/mol. The Kier molecular flexibility index (Phi) is 1.46. The molecule has 4 heteroatoms. The number of nitrogens with zero attached hydrogens (tertiary/aromatic N) is 1. The van der Waals surface area contributed by atoms with Crippen LogP contribution in [0, 0.1) is 21.4 Å². The molecule has 0 fully saturated rings. The summed E-state index contributed by atoms with van der Waals surface area (Å²) in [7, 11) is 0. The molecule has 3 aliphatic rings. The summed E-state index contributed by atoms with van der Waals surface area (Å²) in [6.07, 6.45) is 11.6. The van der Waals surface area contributed by atoms with Crippen LogP contribution in [-0.4, -0.2) is 11.5 Å². The lowest BCUT2D eigenvalue weighted by Crippen LogP contribution is -2.50. The molecular formula is C11H10N2O2. The van der Waals surface area contributed by atoms with Gasteiger partial charge in [0.15, 0.2) is 0 Å². The lowest BCUT2D eigenvalue weighted by molar-refractivity contribution is -0.444. The number of nitro groups is 1. The van der Waals surface area contributed by atoms with Crippen LogP contribution < -0.4 is 5.32 Å². The van der Waals surface area contributed by atoms with Gasteiger partial charge < -0.3 is 5.32 Å². The molecule has 0 aromatic rings. The summed E-state index contributed by atoms with van der Waals surface area (Å²) in [6.45, 7) is 0.647. The van der Waals surface area contributed by atoms with Crippen molar-refractivity contribution >= 4 is 0 Å². The smallest absolute Gasteiger partial charge is 0.256 e. The van der Waals surface area contributed by atoms with Crippen molar-refractivity contribution in [1.29, 1.82) is 0 Å². The van der Waals surface area contributed by atoms with Gasteiger partial charge in [-0.3, -0.25) is 10.1 Å². The van der Waals surface area contributed by atoms with E-state index in [9.17, 15) is 10.1 Å². The second-order valence-electron chi connectivity index (χ2n) is 4.00. The molecular weight excluding hydrogens is 192 g/mol. The Labute approximate surface area is 86.8 Å². The summed E-state index contributed by atoms with van der Waals surface area (Å²) >= 11 is 0. The minimum Gasteiger partial charge on any atom is -0.390 e. The fourth-order valence-corrected chi connectivity index (χ4v) is 2.68. The molecule has 2 aliphatic carbocycles. The van der Waals surface area contributed by atoms with E-state index in [1.165, 1.54) is 0 Å². The maximum absolute atomic E-state index is 10.9. The third-order valence-electron chi connectivity index (χ3n) is 3.39. The fourth-order valence-electron chi connectivity index (χ4n) is 2.68. The maximum atomic E-state index is 10.9. The minimum atomic E-state index is -0.247. The van der Waals surface area contributed by atoms with Gasteiger partial charge in [-0.15, -0.1) is 0 Å². The second-order valence-corrected chi connectivity index (χ2v) is 4.00. The zero-order chi connectivity index (χ0) is 10.5. The fraction of sp³-hybridized carbons (Fsp3) is 0.273. The van der Waals surface area contributed by atoms with Crippen molar-refractivity contribution in [3.63, 3.8) is 0 Å². The molecule has 2 atom stereocenters. The Morgan fingerprint density at radius 3 is 3.13 bits per heavy atom. The molecule has 1 heterocycles. The highest BCUT2D eigenvalue weighted by Gasteiger charge is 2.57. The van der Waals surface area contributed by atoms with E-state index in [0.717, 1.165) is 5.57 Å². The van der Waals surface area contributed by atoms with Gasteiger partial charge in [0.1, 0.15) is 0 Å². The molecule has 0 bridgehead atoms. The molecule has 0 aromatic heterocycles. The highest BCUT2D eigenvalue weighted by atomic mass is 16.6. The second kappa shape index (κ2) is 2.59. The highest BCUT2D eigenvalue weighted by molar-refractivity contribution is 5.54. The molecule has 0 amide bonds. The van der Waals surface area contributed by atoms with Gasteiger partial charge in [0, 0.05) is 12.1 Å². The van der Waals surface area contributed by atoms with Crippen LogP contribution >= 0.6 is 0 Å². The van der Waals surface area contributed by atoms with Crippen molar-refractivity contribution in [1.82, 2.24) is 5.32 Å². The predicted octanol–water partition coefficient (Wildman–Crippen LogP) is 1.38. The van der Waals surface area contributed by atoms with Crippen molar-refractivity contribution in [2.75, 3.05) is 6.54 Å². The van der Waals surface area contributed by atoms with Crippen molar-refractivity contribution in [3.05, 3.63) is 58.0 Å². The van der Waals surface area contributed by atoms with Crippen LogP contribution in [0.3, 0.4) is 0 Å². The normalized spacial score (nSPS) is 35.3. The van der Waals surface area contributed by atoms with E-state index in [-0.39, 0.29) is 16.3 Å². The quantitative estimate of drug-likeness (QED) is 0.516. The van der Waals surface area contributed by atoms with Crippen LogP contribution in [-0.2, 0) is 0 Å². The minimum absolute atomic E-state index is 0.0197. The monoisotopic (exact) mass is 202 g/mol. The molecule has 0 saturated carbocycles. The van der Waals surface area contributed by atoms with E-state index in [1.807, 2.05) is 30.5 Å². The van der Waals surface area contributed by atoms with Crippen LogP contribution in [0.1, 0.15) is 0 Å². The molecule has 1 spiro atoms. The molecule has 1 N–H and O–H groups in total. The average Bonchev–Trinajstić information content (AvgIpc) is 2.17. The van der Waals surface area contributed by atoms with E-state index in [4.69, 9.17) is 0 Å². The van der Waals surface area contributed by atoms with Crippen LogP contribution in [0.25, 0.3) is 0 Å². The molecule has 1 unspecified atom stereocenters. The van der Waals surface area contributed by atoms with E-state index >= 15 is 0 Å². The maximum Gasteiger partial charge on any atom is 0.256 e. The Bertz CT molecular complexity index is 459. The summed E-state index contributed by atoms with van der Waals surface area (Å²) in [6, 6.07) is 0. The van der Waals surface area contributed by atoms with Crippen LogP contribution in [0.15, 0.2) is 47.9 Å². The lowest BCUT2D eigenvalue weighted by Gasteiger charge is -2.46. The number of nitrogens with one attached hydrogen (secondary N) is 1. The molecule has 15 heavy (non-hydrogen) atoms. The largest absolute Gasteiger partial charge is 0.390 e. The standard InChI is InChI=1S/C11H10N2O2/c14-13(15)10-8-3-1-2-4-11(8)5-6-12-7-9(10)11/h1-6,9,12H,7H2/t9-,11?/m1/s1. The van der Waals surface area contributed by atoms with E-state index < -0.39 is 0 Å². The Morgan fingerprint density at radius 2 is 2.33 bits per heavy atom. The van der Waals surface area contributed by atoms with Gasteiger partial charge in [-0.2, -0.15) is 0 Å². The van der Waals surface area contributed by atoms with Gasteiger partial charge in [-0.05, 0) is 6.20 Å². The first-order chi connectivity index (χ1) is 7.26. The first kappa shape index (κ1) is 8.47. The number of allylic oxidation sites excluding steroid dienone is 6. The van der Waals surface area contributed by atoms with Gasteiger partial charge in [0.25, 0.3) is 5.70 Å². The van der Waals surface area contributed by atoms with Crippen molar-refractivity contribution < 1.29 is 4.92 Å². The molecule has 0 radical (unpaired) electrons. The number of hydrogen-bond acceptors (Lipinski definition) is 3. The Balaban J connectivity index is 2.18. The third kappa shape index (κ3) is 0.862. The average molecular weight is 202 g/mol. The zero-order valence-corrected chi connectivity index (χ0v) is 8.01. The Hall–Kier alpha value is -1.84. The Morgan fingerprint density at radius 1 is 1.47 bits per heavy atom. The highest BCUT2D eigenvalue weighted by Crippen LogP contribution is 2.56. The summed E-state index contributed by atoms with van der Waals surface area (Å²) in [5, 5.41) is 14.0. The SMILES string of the molecule is O=[N+]([O-])C1=C2C=CC=CC23C=CNC[C@H]13. The first-order valence-corrected chi connectivity index (χ1v) is 4.92. The first-order valence-electron chi connectivity index (χ1n) is 4.92. The van der Waals surface area contributed by atoms with Crippen LogP contribution in [0.4, 0.5) is 0 Å². The van der Waals surface area contributed by atoms with Crippen molar-refractivity contribution in [2.45, 2.75) is 0 Å². The molecule has 76 valence electrons. The molecule has 0 aromatic carbocycles. The zero-order valence-electron chi connectivity index (χ0n) is 8.01. The van der Waals surface area contributed by atoms with Crippen LogP contribution in [0.5, 0.6) is 0 Å². The number of hydrogen-bond donors (Lipinski definition) is 1. The summed E-state index contributed by atoms with van der Waals surface area (Å²) in [5.74, 6) is -0.0197. The molecule has 0 saturated heterocycles. The summed E-state index contributed by atoms with van der Waals surface area (Å²) < 4.78 is 0.